The Kier molecular flexibility index (Phi) is 77.2. The van der Waals surface area contributed by atoms with Crippen molar-refractivity contribution in [1.29, 1.82) is 0 Å². The number of benzene rings is 2. The predicted molar refractivity (Wildman–Crippen MR) is 413 cm³/mol. The van der Waals surface area contributed by atoms with E-state index in [-0.39, 0.29) is 262 Å². The molecule has 22 heteroatoms. The number of rotatable bonds is 61. The van der Waals surface area contributed by atoms with Crippen LogP contribution in [-0.2, 0) is 68.9 Å². The summed E-state index contributed by atoms with van der Waals surface area (Å²) >= 11 is 6.09. The molecule has 16 nitrogen and oxygen atoms in total. The maximum atomic E-state index is 13.2. The monoisotopic (exact) mass is 1570 g/mol. The fourth-order valence-electron chi connectivity index (χ4n) is 12.8. The molecule has 2 aromatic carbocycles. The van der Waals surface area contributed by atoms with Crippen molar-refractivity contribution in [2.45, 2.75) is 361 Å². The molecule has 0 fully saturated rings. The maximum Gasteiger partial charge on any atom is 1.00 e. The number of anilines is 1. The largest absolute Gasteiger partial charge is 1.00 e. The van der Waals surface area contributed by atoms with Gasteiger partial charge in [-0.15, -0.1) is 5.10 Å². The molecule has 562 valence electrons. The molecule has 0 saturated heterocycles. The van der Waals surface area contributed by atoms with E-state index in [0.29, 0.717) is 50.9 Å². The van der Waals surface area contributed by atoms with Crippen LogP contribution in [0, 0.1) is 0 Å². The van der Waals surface area contributed by atoms with Gasteiger partial charge in [0.15, 0.2) is 0 Å². The molecule has 4 rings (SSSR count). The van der Waals surface area contributed by atoms with Crippen molar-refractivity contribution in [3.63, 3.8) is 0 Å². The van der Waals surface area contributed by atoms with Crippen LogP contribution in [0.15, 0.2) is 48.5 Å². The van der Waals surface area contributed by atoms with Gasteiger partial charge in [0.25, 0.3) is 0 Å². The number of carbonyl (C=O) groups excluding carboxylic acids is 7. The zero-order valence-electron chi connectivity index (χ0n) is 66.2. The van der Waals surface area contributed by atoms with Crippen LogP contribution >= 0.6 is 11.8 Å². The number of unbranched alkanes of at least 4 members (excludes halogenated alkanes) is 39. The molecule has 0 saturated carbocycles. The zero-order chi connectivity index (χ0) is 71.4. The molecule has 0 radical (unpaired) electrons. The number of thioether (sulfide) groups is 1. The number of ether oxygens (including phenoxy) is 2. The topological polar surface area (TPSA) is 210 Å². The number of aryl methyl sites for hydroxylation is 1. The van der Waals surface area contributed by atoms with Crippen LogP contribution in [0.25, 0.3) is 27.2 Å². The van der Waals surface area contributed by atoms with Gasteiger partial charge in [0.1, 0.15) is 18.4 Å². The van der Waals surface area contributed by atoms with Crippen molar-refractivity contribution in [2.24, 2.45) is 0 Å². The van der Waals surface area contributed by atoms with Gasteiger partial charge in [0, 0.05) is 69.8 Å². The van der Waals surface area contributed by atoms with Crippen LogP contribution in [0.1, 0.15) is 342 Å². The van der Waals surface area contributed by atoms with Crippen molar-refractivity contribution >= 4 is 72.1 Å². The van der Waals surface area contributed by atoms with Gasteiger partial charge < -0.3 is 52.1 Å². The number of para-hydroxylation sites is 1. The van der Waals surface area contributed by atoms with Gasteiger partial charge in [-0.3, -0.25) is 30.3 Å². The minimum absolute atomic E-state index is 0. The smallest absolute Gasteiger partial charge is 0.960 e. The molecule has 2 heterocycles. The molecular weight excluding hydrogens is 1440 g/mol. The van der Waals surface area contributed by atoms with Crippen LogP contribution in [0.3, 0.4) is 0 Å². The van der Waals surface area contributed by atoms with Gasteiger partial charge in [0.2, 0.25) is 17.7 Å². The molecule has 4 amide bonds. The summed E-state index contributed by atoms with van der Waals surface area (Å²) < 4.78 is 16.9. The van der Waals surface area contributed by atoms with Crippen molar-refractivity contribution in [2.75, 3.05) is 30.1 Å². The van der Waals surface area contributed by atoms with Crippen molar-refractivity contribution < 1.29 is 250 Å². The molecule has 1 aromatic heterocycles. The molecule has 0 aliphatic carbocycles. The summed E-state index contributed by atoms with van der Waals surface area (Å²) in [6.45, 7) is 7.87. The molecule has 2 atom stereocenters. The van der Waals surface area contributed by atoms with Crippen molar-refractivity contribution in [1.82, 2.24) is 25.6 Å². The Morgan fingerprint density at radius 3 is 1.44 bits per heavy atom. The molecule has 0 bridgehead atoms. The molecule has 3 aromatic rings. The van der Waals surface area contributed by atoms with Gasteiger partial charge in [-0.1, -0.05) is 312 Å². The third-order valence-corrected chi connectivity index (χ3v) is 20.2. The number of hydrogen-bond donors (Lipinski definition) is 2. The summed E-state index contributed by atoms with van der Waals surface area (Å²) in [5, 5.41) is 14.6. The van der Waals surface area contributed by atoms with Crippen LogP contribution in [0.2, 0.25) is 0 Å². The van der Waals surface area contributed by atoms with E-state index in [4.69, 9.17) is 22.3 Å². The summed E-state index contributed by atoms with van der Waals surface area (Å²) in [7, 11) is 1.66. The van der Waals surface area contributed by atoms with Crippen LogP contribution in [0.4, 0.5) is 5.69 Å². The van der Waals surface area contributed by atoms with E-state index >= 15 is 0 Å². The Morgan fingerprint density at radius 2 is 0.961 bits per heavy atom. The molecule has 0 spiro atoms. The third kappa shape index (κ3) is 53.1. The fourth-order valence-corrected chi connectivity index (χ4v) is 14.0. The number of nitrogens with one attached hydrogen (secondary N) is 2. The average molecular weight is 1570 g/mol. The van der Waals surface area contributed by atoms with Gasteiger partial charge >= 0.3 is 217 Å². The molecular formula is C81H134K4N7O9S2+. The normalized spacial score (nSPS) is 11.7. The third-order valence-electron chi connectivity index (χ3n) is 18.8. The van der Waals surface area contributed by atoms with Gasteiger partial charge in [-0.25, -0.2) is 4.68 Å². The first-order valence-corrected chi connectivity index (χ1v) is 41.1. The Bertz CT molecular complexity index is 2630. The first-order valence-electron chi connectivity index (χ1n) is 39.6. The first-order chi connectivity index (χ1) is 48.5. The number of nitrogens with zero attached hydrogens (tertiary/aromatic N) is 5. The Labute approximate surface area is 806 Å². The molecule has 1 aliphatic rings. The number of amides is 4. The van der Waals surface area contributed by atoms with Crippen LogP contribution in [-0.4, -0.2) is 94.2 Å². The van der Waals surface area contributed by atoms with E-state index in [1.54, 1.807) is 11.9 Å². The summed E-state index contributed by atoms with van der Waals surface area (Å²) in [4.78, 5) is 88.3. The number of aromatic nitrogens is 3. The zero-order valence-corrected chi connectivity index (χ0v) is 80.3. The van der Waals surface area contributed by atoms with Crippen LogP contribution < -0.4 is 221 Å². The average Bonchev–Trinajstić information content (AvgIpc) is 1.51. The minimum atomic E-state index is -0.850. The van der Waals surface area contributed by atoms with E-state index in [2.05, 4.69) is 52.5 Å². The predicted octanol–water partition coefficient (Wildman–Crippen LogP) is 8.77. The standard InChI is InChI=1S/C54H102N2O6S2.C27H30N5O3.4K.H2/c1-4-7-10-13-16-19-22-25-28-31-34-37-40-43-51(57)55-50(54(60)56-63)48-64-47-49(62-53(59)45-42-39-36-33-30-27-24-21-18-15-12-9-6-3)46-61-52(58)44-41-38-35-32-29-26-23-20-17-14-11-8-5-2;1-28-24(34)15-3-2-9-17-32-27-21-12-5-4-11-20(21)19-31(25(35)16-8-10-18-33)23-14-7-6-13-22(23)26(27)29-30-32;;;;;/h49-50H,4-48H2,1-3H3,(H-2,55,56,57,60,63);4-7,11-14H,2-3,8-10,15-17,19H2,1H3,(H,28,34);;;;;1H/q-2;-1;4*+1;/t49-,50-;;;;;;/m0....../s1. The maximum absolute atomic E-state index is 13.2. The van der Waals surface area contributed by atoms with E-state index in [1.165, 1.54) is 204 Å². The minimum Gasteiger partial charge on any atom is -0.960 e. The van der Waals surface area contributed by atoms with Gasteiger partial charge in [0.05, 0.1) is 29.9 Å². The second-order valence-electron chi connectivity index (χ2n) is 27.5. The van der Waals surface area contributed by atoms with Crippen molar-refractivity contribution in [3.8, 4) is 22.5 Å². The number of carbonyl (C=O) groups is 6. The summed E-state index contributed by atoms with van der Waals surface area (Å²) in [5.74, 6) is -0.705. The molecule has 1 aliphatic heterocycles. The van der Waals surface area contributed by atoms with E-state index in [0.717, 1.165) is 111 Å². The summed E-state index contributed by atoms with van der Waals surface area (Å²) in [6.07, 6.45) is 54.7. The molecule has 103 heavy (non-hydrogen) atoms. The van der Waals surface area contributed by atoms with E-state index < -0.39 is 18.1 Å². The summed E-state index contributed by atoms with van der Waals surface area (Å²) in [6, 6.07) is 15.0. The fraction of sp³-hybridized carbons (Fsp3) is 0.741. The molecule has 2 N–H and O–H groups in total. The number of fused-ring (bicyclic) bond motifs is 5. The van der Waals surface area contributed by atoms with Crippen molar-refractivity contribution in [3.05, 3.63) is 58.8 Å². The SMILES string of the molecule is CCCCCCCCCCCCCCCC(=O)N[C@@H](CSC[C@H](COC(=O)CCCCCCCCCCCCCCC)OC(=O)CCCCCCCCCCCCCCC)C(=O)[N-][S-].CNC(=O)CCCCCn1nnc2c1-c1ccccc1CN(C(=O)CCC[C-]=O)c1ccccc1-2.[HH].[K+].[K+].[K+].[K+]. The Hall–Kier alpha value is 1.32. The Morgan fingerprint density at radius 1 is 0.534 bits per heavy atom. The van der Waals surface area contributed by atoms with E-state index in [1.807, 2.05) is 53.4 Å². The number of esters is 2. The van der Waals surface area contributed by atoms with Gasteiger partial charge in [-0.2, -0.15) is 18.2 Å². The molecule has 0 unspecified atom stereocenters. The van der Waals surface area contributed by atoms with Crippen LogP contribution in [0.5, 0.6) is 0 Å². The quantitative estimate of drug-likeness (QED) is 0.0178. The number of hydrogen-bond acceptors (Lipinski definition) is 13. The Balaban J connectivity index is -0.00000215. The van der Waals surface area contributed by atoms with E-state index in [9.17, 15) is 33.6 Å². The first kappa shape index (κ1) is 106. The summed E-state index contributed by atoms with van der Waals surface area (Å²) in [5.41, 5.74) is 5.37. The second-order valence-corrected chi connectivity index (χ2v) is 28.8. The second kappa shape index (κ2) is 74.7. The van der Waals surface area contributed by atoms with Gasteiger partial charge in [-0.05, 0) is 43.7 Å².